The SMILES string of the molecule is CN(C)C(=O)CN=C(NCCc1cccs1)NCC(c1cccs1)N1CCCC1. The van der Waals surface area contributed by atoms with Crippen molar-refractivity contribution in [3.63, 3.8) is 0 Å². The van der Waals surface area contributed by atoms with Crippen LogP contribution in [0.1, 0.15) is 28.6 Å². The summed E-state index contributed by atoms with van der Waals surface area (Å²) in [4.78, 5) is 23.4. The van der Waals surface area contributed by atoms with Crippen molar-refractivity contribution in [2.24, 2.45) is 4.99 Å². The molecule has 1 aliphatic heterocycles. The molecule has 1 fully saturated rings. The molecule has 0 bridgehead atoms. The second-order valence-corrected chi connectivity index (χ2v) is 9.38. The molecule has 2 aromatic heterocycles. The van der Waals surface area contributed by atoms with E-state index in [1.807, 2.05) is 0 Å². The maximum absolute atomic E-state index is 12.0. The minimum Gasteiger partial charge on any atom is -0.356 e. The van der Waals surface area contributed by atoms with Crippen LogP contribution in [0.4, 0.5) is 0 Å². The van der Waals surface area contributed by atoms with Crippen molar-refractivity contribution in [2.75, 3.05) is 46.8 Å². The zero-order valence-electron chi connectivity index (χ0n) is 17.3. The van der Waals surface area contributed by atoms with Gasteiger partial charge in [-0.05, 0) is 55.2 Å². The topological polar surface area (TPSA) is 60.0 Å². The predicted molar refractivity (Wildman–Crippen MR) is 123 cm³/mol. The van der Waals surface area contributed by atoms with Gasteiger partial charge < -0.3 is 15.5 Å². The summed E-state index contributed by atoms with van der Waals surface area (Å²) in [6, 6.07) is 8.89. The number of aliphatic imine (C=N–C) groups is 1. The summed E-state index contributed by atoms with van der Waals surface area (Å²) >= 11 is 3.57. The van der Waals surface area contributed by atoms with Gasteiger partial charge in [0.25, 0.3) is 0 Å². The Morgan fingerprint density at radius 2 is 1.93 bits per heavy atom. The smallest absolute Gasteiger partial charge is 0.243 e. The van der Waals surface area contributed by atoms with Gasteiger partial charge in [-0.1, -0.05) is 12.1 Å². The van der Waals surface area contributed by atoms with Crippen LogP contribution in [-0.4, -0.2) is 68.5 Å². The van der Waals surface area contributed by atoms with Gasteiger partial charge in [0.15, 0.2) is 5.96 Å². The summed E-state index contributed by atoms with van der Waals surface area (Å²) in [5, 5.41) is 11.1. The monoisotopic (exact) mass is 433 g/mol. The molecule has 1 unspecified atom stereocenters. The van der Waals surface area contributed by atoms with Gasteiger partial charge in [-0.3, -0.25) is 9.69 Å². The molecule has 1 atom stereocenters. The average Bonchev–Trinajstić information content (AvgIpc) is 3.49. The van der Waals surface area contributed by atoms with E-state index in [1.54, 1.807) is 41.7 Å². The van der Waals surface area contributed by atoms with Gasteiger partial charge >= 0.3 is 0 Å². The summed E-state index contributed by atoms with van der Waals surface area (Å²) in [6.07, 6.45) is 3.47. The molecular formula is C21H31N5OS2. The van der Waals surface area contributed by atoms with Crippen LogP contribution >= 0.6 is 22.7 Å². The van der Waals surface area contributed by atoms with E-state index in [9.17, 15) is 4.79 Å². The highest BCUT2D eigenvalue weighted by atomic mass is 32.1. The molecule has 1 saturated heterocycles. The molecule has 3 heterocycles. The van der Waals surface area contributed by atoms with Crippen LogP contribution in [0, 0.1) is 0 Å². The molecule has 1 aliphatic rings. The third-order valence-electron chi connectivity index (χ3n) is 5.03. The van der Waals surface area contributed by atoms with Crippen LogP contribution < -0.4 is 10.6 Å². The second kappa shape index (κ2) is 11.3. The number of nitrogens with zero attached hydrogens (tertiary/aromatic N) is 3. The largest absolute Gasteiger partial charge is 0.356 e. The number of hydrogen-bond acceptors (Lipinski definition) is 5. The first-order chi connectivity index (χ1) is 14.1. The summed E-state index contributed by atoms with van der Waals surface area (Å²) in [5.74, 6) is 0.705. The van der Waals surface area contributed by atoms with Gasteiger partial charge in [-0.15, -0.1) is 22.7 Å². The Hall–Kier alpha value is -1.90. The number of hydrogen-bond donors (Lipinski definition) is 2. The Balaban J connectivity index is 1.61. The normalized spacial score (nSPS) is 16.0. The molecule has 29 heavy (non-hydrogen) atoms. The third-order valence-corrected chi connectivity index (χ3v) is 6.94. The number of thiophene rings is 2. The van der Waals surface area contributed by atoms with E-state index in [4.69, 9.17) is 0 Å². The Bertz CT molecular complexity index is 752. The highest BCUT2D eigenvalue weighted by molar-refractivity contribution is 7.10. The number of amides is 1. The van der Waals surface area contributed by atoms with Gasteiger partial charge in [0.1, 0.15) is 6.54 Å². The van der Waals surface area contributed by atoms with Gasteiger partial charge in [0, 0.05) is 36.9 Å². The highest BCUT2D eigenvalue weighted by Crippen LogP contribution is 2.27. The number of nitrogens with one attached hydrogen (secondary N) is 2. The summed E-state index contributed by atoms with van der Waals surface area (Å²) in [6.45, 7) is 4.00. The summed E-state index contributed by atoms with van der Waals surface area (Å²) in [7, 11) is 3.52. The van der Waals surface area contributed by atoms with Gasteiger partial charge in [-0.25, -0.2) is 4.99 Å². The molecule has 6 nitrogen and oxygen atoms in total. The summed E-state index contributed by atoms with van der Waals surface area (Å²) < 4.78 is 0. The van der Waals surface area contributed by atoms with Crippen molar-refractivity contribution >= 4 is 34.5 Å². The van der Waals surface area contributed by atoms with Crippen LogP contribution in [0.3, 0.4) is 0 Å². The fraction of sp³-hybridized carbons (Fsp3) is 0.524. The molecule has 3 rings (SSSR count). The molecule has 8 heteroatoms. The summed E-state index contributed by atoms with van der Waals surface area (Å²) in [5.41, 5.74) is 0. The molecular weight excluding hydrogens is 402 g/mol. The average molecular weight is 434 g/mol. The molecule has 158 valence electrons. The van der Waals surface area contributed by atoms with Crippen LogP contribution in [-0.2, 0) is 11.2 Å². The van der Waals surface area contributed by atoms with Gasteiger partial charge in [0.05, 0.1) is 6.04 Å². The number of likely N-dealkylation sites (tertiary alicyclic amines) is 1. The quantitative estimate of drug-likeness (QED) is 0.472. The van der Waals surface area contributed by atoms with Crippen molar-refractivity contribution < 1.29 is 4.79 Å². The molecule has 2 N–H and O–H groups in total. The van der Waals surface area contributed by atoms with Crippen LogP contribution in [0.2, 0.25) is 0 Å². The minimum atomic E-state index is -0.00120. The van der Waals surface area contributed by atoms with Crippen molar-refractivity contribution in [1.29, 1.82) is 0 Å². The van der Waals surface area contributed by atoms with E-state index in [1.165, 1.54) is 22.6 Å². The zero-order chi connectivity index (χ0) is 20.5. The van der Waals surface area contributed by atoms with E-state index in [-0.39, 0.29) is 12.5 Å². The van der Waals surface area contributed by atoms with E-state index in [2.05, 4.69) is 55.6 Å². The fourth-order valence-corrected chi connectivity index (χ4v) is 4.93. The van der Waals surface area contributed by atoms with Crippen molar-refractivity contribution in [2.45, 2.75) is 25.3 Å². The van der Waals surface area contributed by atoms with Crippen molar-refractivity contribution in [3.05, 3.63) is 44.8 Å². The maximum Gasteiger partial charge on any atom is 0.243 e. The molecule has 0 spiro atoms. The third kappa shape index (κ3) is 6.83. The van der Waals surface area contributed by atoms with Gasteiger partial charge in [-0.2, -0.15) is 0 Å². The lowest BCUT2D eigenvalue weighted by atomic mass is 10.2. The molecule has 0 radical (unpaired) electrons. The van der Waals surface area contributed by atoms with E-state index < -0.39 is 0 Å². The maximum atomic E-state index is 12.0. The first-order valence-corrected chi connectivity index (χ1v) is 11.9. The molecule has 1 amide bonds. The lowest BCUT2D eigenvalue weighted by molar-refractivity contribution is -0.127. The van der Waals surface area contributed by atoms with E-state index in [0.717, 1.165) is 32.6 Å². The minimum absolute atomic E-state index is 0.00120. The van der Waals surface area contributed by atoms with Gasteiger partial charge in [0.2, 0.25) is 5.91 Å². The van der Waals surface area contributed by atoms with E-state index in [0.29, 0.717) is 12.0 Å². The Kier molecular flexibility index (Phi) is 8.52. The van der Waals surface area contributed by atoms with Crippen LogP contribution in [0.25, 0.3) is 0 Å². The second-order valence-electron chi connectivity index (χ2n) is 7.36. The lowest BCUT2D eigenvalue weighted by Gasteiger charge is -2.27. The highest BCUT2D eigenvalue weighted by Gasteiger charge is 2.24. The Morgan fingerprint density at radius 1 is 1.17 bits per heavy atom. The fourth-order valence-electron chi connectivity index (χ4n) is 3.36. The Labute approximate surface area is 181 Å². The number of carbonyl (C=O) groups is 1. The number of likely N-dealkylation sites (N-methyl/N-ethyl adjacent to an activating group) is 1. The first kappa shape index (κ1) is 21.8. The number of carbonyl (C=O) groups excluding carboxylic acids is 1. The lowest BCUT2D eigenvalue weighted by Crippen LogP contribution is -2.43. The number of rotatable bonds is 9. The molecule has 0 aliphatic carbocycles. The standard InChI is InChI=1S/C21H31N5OS2/c1-25(2)20(27)16-24-21(22-10-9-17-7-5-13-28-17)23-15-18(19-8-6-14-29-19)26-11-3-4-12-26/h5-8,13-14,18H,3-4,9-12,15-16H2,1-2H3,(H2,22,23,24). The van der Waals surface area contributed by atoms with Crippen LogP contribution in [0.15, 0.2) is 40.0 Å². The first-order valence-electron chi connectivity index (χ1n) is 10.2. The Morgan fingerprint density at radius 3 is 2.59 bits per heavy atom. The van der Waals surface area contributed by atoms with Crippen molar-refractivity contribution in [1.82, 2.24) is 20.4 Å². The van der Waals surface area contributed by atoms with Crippen LogP contribution in [0.5, 0.6) is 0 Å². The zero-order valence-corrected chi connectivity index (χ0v) is 18.9. The molecule has 0 saturated carbocycles. The predicted octanol–water partition coefficient (Wildman–Crippen LogP) is 2.81. The molecule has 0 aromatic carbocycles. The van der Waals surface area contributed by atoms with E-state index >= 15 is 0 Å². The van der Waals surface area contributed by atoms with Crippen molar-refractivity contribution in [3.8, 4) is 0 Å². The molecule has 2 aromatic rings. The number of guanidine groups is 1.